The number of aliphatic hydroxyl groups is 1. The van der Waals surface area contributed by atoms with Gasteiger partial charge in [-0.05, 0) is 222 Å². The van der Waals surface area contributed by atoms with Crippen LogP contribution in [0.5, 0.6) is 0 Å². The highest BCUT2D eigenvalue weighted by molar-refractivity contribution is 14.1. The summed E-state index contributed by atoms with van der Waals surface area (Å²) in [5, 5.41) is 14.1. The molecule has 0 spiro atoms. The number of fused-ring (bicyclic) bond motifs is 2. The highest BCUT2D eigenvalue weighted by Crippen LogP contribution is 2.47. The van der Waals surface area contributed by atoms with Crippen LogP contribution in [0.15, 0.2) is 36.9 Å². The lowest BCUT2D eigenvalue weighted by Crippen LogP contribution is -2.51. The predicted octanol–water partition coefficient (Wildman–Crippen LogP) is 15.6. The lowest BCUT2D eigenvalue weighted by Gasteiger charge is -2.44. The Morgan fingerprint density at radius 3 is 1.31 bits per heavy atom. The maximum absolute atomic E-state index is 13.0. The third-order valence-corrected chi connectivity index (χ3v) is 36.6. The average Bonchev–Trinajstić information content (AvgIpc) is 2.88. The van der Waals surface area contributed by atoms with Gasteiger partial charge in [0.1, 0.15) is 28.8 Å². The van der Waals surface area contributed by atoms with E-state index in [9.17, 15) is 36.3 Å². The molecule has 2 aliphatic carbocycles. The second-order valence-electron chi connectivity index (χ2n) is 27.8. The molecule has 0 radical (unpaired) electrons. The van der Waals surface area contributed by atoms with Gasteiger partial charge in [-0.3, -0.25) is 0 Å². The Kier molecular flexibility index (Phi) is 24.9. The number of halogens is 1. The zero-order valence-corrected chi connectivity index (χ0v) is 60.3. The van der Waals surface area contributed by atoms with Crippen LogP contribution < -0.4 is 0 Å². The number of carbonyl (C=O) groups is 3. The summed E-state index contributed by atoms with van der Waals surface area (Å²) in [6, 6.07) is 4.42. The number of aryl methyl sites for hydroxylation is 2. The minimum absolute atomic E-state index is 0.00362. The summed E-state index contributed by atoms with van der Waals surface area (Å²) in [6.45, 7) is 42.8. The molecule has 4 aromatic rings. The summed E-state index contributed by atoms with van der Waals surface area (Å²) in [5.74, 6) is -0.160. The molecule has 2 aliphatic rings. The summed E-state index contributed by atoms with van der Waals surface area (Å²) in [4.78, 5) is 44.6. The monoisotopic (exact) mass is 1340 g/mol. The predicted molar refractivity (Wildman–Crippen MR) is 352 cm³/mol. The Morgan fingerprint density at radius 1 is 0.627 bits per heavy atom. The highest BCUT2D eigenvalue weighted by Gasteiger charge is 2.48. The summed E-state index contributed by atoms with van der Waals surface area (Å²) in [6.07, 6.45) is 12.7. The molecule has 4 heterocycles. The van der Waals surface area contributed by atoms with Gasteiger partial charge in [0.05, 0.1) is 17.6 Å². The Balaban J connectivity index is 0.000000295. The van der Waals surface area contributed by atoms with E-state index < -0.39 is 66.0 Å². The zero-order chi connectivity index (χ0) is 63.3. The van der Waals surface area contributed by atoms with Crippen LogP contribution in [0.3, 0.4) is 0 Å². The minimum atomic E-state index is -3.80. The van der Waals surface area contributed by atoms with Crippen molar-refractivity contribution in [3.05, 3.63) is 57.2 Å². The molecule has 6 rings (SSSR count). The van der Waals surface area contributed by atoms with Crippen LogP contribution >= 0.6 is 22.6 Å². The molecule has 2 fully saturated rings. The first-order chi connectivity index (χ1) is 38.1. The molecule has 0 saturated heterocycles. The van der Waals surface area contributed by atoms with Crippen molar-refractivity contribution in [2.45, 2.75) is 240 Å². The molecule has 4 aromatic heterocycles. The third kappa shape index (κ3) is 16.6. The van der Waals surface area contributed by atoms with Crippen molar-refractivity contribution in [2.75, 3.05) is 25.6 Å². The van der Waals surface area contributed by atoms with Gasteiger partial charge in [0.25, 0.3) is 0 Å². The fraction of sp³-hybridized carbons (Fsp3) is 0.726. The van der Waals surface area contributed by atoms with Crippen LogP contribution in [0.25, 0.3) is 22.1 Å². The lowest BCUT2D eigenvalue weighted by molar-refractivity contribution is -0.112. The van der Waals surface area contributed by atoms with Crippen molar-refractivity contribution in [2.24, 2.45) is 23.7 Å². The molecule has 83 heavy (non-hydrogen) atoms. The normalized spacial score (nSPS) is 19.0. The number of sulfonamides is 2. The molecule has 1 unspecified atom stereocenters. The summed E-state index contributed by atoms with van der Waals surface area (Å²) in [7, 11) is -8.72. The van der Waals surface area contributed by atoms with Crippen molar-refractivity contribution < 1.29 is 45.8 Å². The first-order valence-electron chi connectivity index (χ1n) is 30.3. The Labute approximate surface area is 515 Å². The van der Waals surface area contributed by atoms with E-state index in [4.69, 9.17) is 19.4 Å². The maximum Gasteiger partial charge on any atom is 0.423 e. The number of aldehydes is 1. The topological polar surface area (TPSA) is 200 Å². The molecule has 2 amide bonds. The quantitative estimate of drug-likeness (QED) is 0.0597. The Hall–Kier alpha value is -3.39. The first-order valence-corrected chi connectivity index (χ1v) is 38.9. The molecule has 21 heteroatoms. The van der Waals surface area contributed by atoms with Gasteiger partial charge < -0.3 is 27.8 Å². The molecule has 1 N–H and O–H groups in total. The second-order valence-corrected chi connectivity index (χ2v) is 44.4. The van der Waals surface area contributed by atoms with Gasteiger partial charge in [-0.25, -0.2) is 45.0 Å². The van der Waals surface area contributed by atoms with Gasteiger partial charge in [0.15, 0.2) is 16.5 Å². The van der Waals surface area contributed by atoms with E-state index in [-0.39, 0.29) is 35.2 Å². The van der Waals surface area contributed by atoms with E-state index in [2.05, 4.69) is 146 Å². The third-order valence-electron chi connectivity index (χ3n) is 17.9. The van der Waals surface area contributed by atoms with Crippen LogP contribution in [-0.2, 0) is 34.3 Å². The van der Waals surface area contributed by atoms with E-state index in [1.807, 2.05) is 19.3 Å². The van der Waals surface area contributed by atoms with E-state index in [1.54, 1.807) is 41.5 Å². The smallest absolute Gasteiger partial charge is 0.423 e. The largest absolute Gasteiger partial charge is 0.443 e. The van der Waals surface area contributed by atoms with Crippen molar-refractivity contribution in [1.82, 2.24) is 27.0 Å². The fourth-order valence-corrected chi connectivity index (χ4v) is 30.6. The van der Waals surface area contributed by atoms with Crippen molar-refractivity contribution >= 4 is 99.6 Å². The van der Waals surface area contributed by atoms with E-state index >= 15 is 0 Å². The number of amides is 2. The Morgan fingerprint density at radius 2 is 0.964 bits per heavy atom. The van der Waals surface area contributed by atoms with Crippen molar-refractivity contribution in [3.63, 3.8) is 0 Å². The first kappa shape index (κ1) is 72.1. The van der Waals surface area contributed by atoms with E-state index in [0.717, 1.165) is 58.4 Å². The summed E-state index contributed by atoms with van der Waals surface area (Å²) < 4.78 is 68.5. The second kappa shape index (κ2) is 28.6. The zero-order valence-electron chi connectivity index (χ0n) is 54.5. The van der Waals surface area contributed by atoms with Crippen LogP contribution in [0.2, 0.25) is 33.2 Å². The minimum Gasteiger partial charge on any atom is -0.443 e. The number of aliphatic hydroxyl groups excluding tert-OH is 1. The number of nitrogens with zero attached hydrogens (tertiary/aromatic N) is 6. The average molecular weight is 1340 g/mol. The van der Waals surface area contributed by atoms with Crippen molar-refractivity contribution in [3.8, 4) is 0 Å². The van der Waals surface area contributed by atoms with Crippen molar-refractivity contribution in [1.29, 1.82) is 0 Å². The fourth-order valence-electron chi connectivity index (χ4n) is 14.1. The van der Waals surface area contributed by atoms with Crippen LogP contribution in [-0.4, -0.2) is 121 Å². The molecular formula is C62H105IN6O10S2Si2. The molecule has 16 nitrogen and oxygen atoms in total. The number of ether oxygens (including phenoxy) is 2. The summed E-state index contributed by atoms with van der Waals surface area (Å²) in [5.41, 5.74) is 7.50. The number of aromatic nitrogens is 4. The molecule has 1 atom stereocenters. The standard InChI is InChI=1S/C31H53N3O5SSi.C17H27IN2Si.C14H25NO5S/c1-20(2)41(21(3)4,22(5)6)34-17-16-26-27(23(7)18-32-29(26)34)28(35)25-14-12-24(13-15-25)19-40(37,38)33(11)30(36)39-31(8,9)10;1-11(2)21(12(3)4,13(5)6)20-9-8-15-16(18)14(7)10-19-17(15)20;1-14(2,3)20-13(17)15(4)21(18,19)10-12-7-5-11(9-16)6-8-12/h16-18,20-22,24-25,28,35H,12-15,19H2,1-11H3;8-13H,1-7H3;9,11-12H,5-8,10H2,1-4H3. The van der Waals surface area contributed by atoms with Crippen LogP contribution in [0.4, 0.5) is 9.59 Å². The van der Waals surface area contributed by atoms with Gasteiger partial charge in [-0.1, -0.05) is 83.1 Å². The van der Waals surface area contributed by atoms with Gasteiger partial charge in [0.2, 0.25) is 20.0 Å². The molecular weight excluding hydrogens is 1240 g/mol. The maximum atomic E-state index is 13.0. The van der Waals surface area contributed by atoms with Crippen LogP contribution in [0.1, 0.15) is 199 Å². The van der Waals surface area contributed by atoms with E-state index in [0.29, 0.717) is 63.2 Å². The highest BCUT2D eigenvalue weighted by atomic mass is 127. The summed E-state index contributed by atoms with van der Waals surface area (Å²) >= 11 is 2.46. The number of pyridine rings is 2. The van der Waals surface area contributed by atoms with Gasteiger partial charge in [-0.15, -0.1) is 0 Å². The molecule has 0 aromatic carbocycles. The van der Waals surface area contributed by atoms with Gasteiger partial charge in [0, 0.05) is 46.7 Å². The Bertz CT molecular complexity index is 3010. The molecule has 0 bridgehead atoms. The molecule has 0 aliphatic heterocycles. The van der Waals surface area contributed by atoms with Gasteiger partial charge in [-0.2, -0.15) is 0 Å². The van der Waals surface area contributed by atoms with E-state index in [1.165, 1.54) is 34.3 Å². The molecule has 470 valence electrons. The van der Waals surface area contributed by atoms with Crippen LogP contribution in [0, 0.1) is 41.1 Å². The number of hydrogen-bond donors (Lipinski definition) is 1. The SMILES string of the molecule is CN(C(=O)OC(C)(C)C)S(=O)(=O)CC1CCC(C=O)CC1.Cc1cnc2c(ccn2[Si](C(C)C)(C(C)C)C(C)C)c1C(O)C1CCC(CS(=O)(=O)N(C)C(=O)OC(C)(C)C)CC1.Cc1cnc2c(ccn2[Si](C(C)C)(C(C)C)C(C)C)c1I. The number of rotatable bonds is 17. The number of carbonyl (C=O) groups excluding carboxylic acids is 3. The lowest BCUT2D eigenvalue weighted by atomic mass is 9.77. The molecule has 2 saturated carbocycles. The van der Waals surface area contributed by atoms with Gasteiger partial charge >= 0.3 is 12.2 Å². The number of hydrogen-bond acceptors (Lipinski definition) is 12.